The summed E-state index contributed by atoms with van der Waals surface area (Å²) in [5.41, 5.74) is 0. The van der Waals surface area contributed by atoms with Crippen LogP contribution in [0.3, 0.4) is 0 Å². The summed E-state index contributed by atoms with van der Waals surface area (Å²) >= 11 is 0. The molecule has 2 rings (SSSR count). The van der Waals surface area contributed by atoms with E-state index in [0.29, 0.717) is 13.0 Å². The van der Waals surface area contributed by atoms with Crippen LogP contribution in [0.15, 0.2) is 0 Å². The monoisotopic (exact) mass is 360 g/mol. The molecular weight excluding hydrogens is 328 g/mol. The van der Waals surface area contributed by atoms with Gasteiger partial charge in [-0.2, -0.15) is 0 Å². The van der Waals surface area contributed by atoms with Crippen molar-refractivity contribution in [3.63, 3.8) is 0 Å². The predicted octanol–water partition coefficient (Wildman–Crippen LogP) is 4.01. The van der Waals surface area contributed by atoms with Gasteiger partial charge < -0.3 is 14.2 Å². The van der Waals surface area contributed by atoms with E-state index in [1.54, 1.807) is 0 Å². The van der Waals surface area contributed by atoms with Crippen LogP contribution in [0, 0.1) is 23.7 Å². The van der Waals surface area contributed by atoms with Gasteiger partial charge in [-0.25, -0.2) is 4.79 Å². The average Bonchev–Trinajstić information content (AvgIpc) is 3.55. The molecule has 0 aromatic heterocycles. The van der Waals surface area contributed by atoms with Gasteiger partial charge in [0.2, 0.25) is 0 Å². The first kappa shape index (κ1) is 20.8. The molecule has 0 aromatic rings. The second-order valence-electron chi connectivity index (χ2n) is 6.97. The SMILES string of the molecule is CCCCCC#CC[C@@H]1O[C@H]1COC(=O)[C@@H]1O[C@H]1CC#CCCCCC. The predicted molar refractivity (Wildman–Crippen MR) is 101 cm³/mol. The van der Waals surface area contributed by atoms with E-state index in [0.717, 1.165) is 25.7 Å². The molecule has 0 saturated carbocycles. The van der Waals surface area contributed by atoms with Gasteiger partial charge in [-0.05, 0) is 12.8 Å². The van der Waals surface area contributed by atoms with Gasteiger partial charge in [-0.3, -0.25) is 0 Å². The smallest absolute Gasteiger partial charge is 0.338 e. The van der Waals surface area contributed by atoms with E-state index in [2.05, 4.69) is 37.5 Å². The first-order chi connectivity index (χ1) is 12.8. The normalized spacial score (nSPS) is 25.5. The number of hydrogen-bond acceptors (Lipinski definition) is 4. The maximum absolute atomic E-state index is 11.9. The fourth-order valence-corrected chi connectivity index (χ4v) is 2.71. The van der Waals surface area contributed by atoms with Crippen LogP contribution in [0.4, 0.5) is 0 Å². The number of epoxide rings is 2. The molecule has 2 aliphatic rings. The van der Waals surface area contributed by atoms with Crippen molar-refractivity contribution in [3.05, 3.63) is 0 Å². The number of carbonyl (C=O) groups is 1. The van der Waals surface area contributed by atoms with E-state index < -0.39 is 6.10 Å². The summed E-state index contributed by atoms with van der Waals surface area (Å²) < 4.78 is 16.1. The summed E-state index contributed by atoms with van der Waals surface area (Å²) in [6.45, 7) is 4.67. The molecule has 0 N–H and O–H groups in total. The fourth-order valence-electron chi connectivity index (χ4n) is 2.71. The zero-order valence-electron chi connectivity index (χ0n) is 16.2. The van der Waals surface area contributed by atoms with Gasteiger partial charge in [-0.15, -0.1) is 23.7 Å². The third-order valence-electron chi connectivity index (χ3n) is 4.56. The third-order valence-corrected chi connectivity index (χ3v) is 4.56. The minimum Gasteiger partial charge on any atom is -0.461 e. The molecule has 0 aliphatic carbocycles. The van der Waals surface area contributed by atoms with Crippen LogP contribution in [-0.4, -0.2) is 37.0 Å². The lowest BCUT2D eigenvalue weighted by molar-refractivity contribution is -0.145. The summed E-state index contributed by atoms with van der Waals surface area (Å²) in [6, 6.07) is 0. The molecule has 26 heavy (non-hydrogen) atoms. The molecule has 2 heterocycles. The Bertz CT molecular complexity index is 548. The topological polar surface area (TPSA) is 51.4 Å². The van der Waals surface area contributed by atoms with E-state index in [1.807, 2.05) is 0 Å². The number of unbranched alkanes of at least 4 members (excludes halogenated alkanes) is 6. The Morgan fingerprint density at radius 1 is 0.808 bits per heavy atom. The molecule has 4 heteroatoms. The Morgan fingerprint density at radius 2 is 1.42 bits per heavy atom. The lowest BCUT2D eigenvalue weighted by Crippen LogP contribution is -2.17. The highest BCUT2D eigenvalue weighted by Crippen LogP contribution is 2.28. The quantitative estimate of drug-likeness (QED) is 0.242. The second kappa shape index (κ2) is 12.0. The van der Waals surface area contributed by atoms with E-state index >= 15 is 0 Å². The van der Waals surface area contributed by atoms with Crippen LogP contribution in [0.5, 0.6) is 0 Å². The van der Waals surface area contributed by atoms with Gasteiger partial charge in [-0.1, -0.05) is 39.5 Å². The fraction of sp³-hybridized carbons (Fsp3) is 0.773. The molecule has 4 atom stereocenters. The van der Waals surface area contributed by atoms with E-state index in [9.17, 15) is 4.79 Å². The van der Waals surface area contributed by atoms with E-state index in [1.165, 1.54) is 32.1 Å². The Kier molecular flexibility index (Phi) is 9.61. The van der Waals surface area contributed by atoms with Gasteiger partial charge >= 0.3 is 5.97 Å². The van der Waals surface area contributed by atoms with Crippen molar-refractivity contribution in [1.29, 1.82) is 0 Å². The molecule has 4 nitrogen and oxygen atoms in total. The Morgan fingerprint density at radius 3 is 2.04 bits per heavy atom. The second-order valence-corrected chi connectivity index (χ2v) is 6.97. The van der Waals surface area contributed by atoms with Crippen molar-refractivity contribution in [2.75, 3.05) is 6.61 Å². The van der Waals surface area contributed by atoms with Crippen LogP contribution < -0.4 is 0 Å². The highest BCUT2D eigenvalue weighted by molar-refractivity contribution is 5.78. The maximum Gasteiger partial charge on any atom is 0.338 e. The Labute approximate surface area is 158 Å². The minimum atomic E-state index is -0.435. The molecule has 0 unspecified atom stereocenters. The molecule has 2 aliphatic heterocycles. The molecular formula is C22H32O4. The standard InChI is InChI=1S/C22H32O4/c1-3-5-7-9-11-13-15-18-20(25-18)17-24-22(23)21-19(26-21)16-14-12-10-8-6-4-2/h18-21H,3-10,15-17H2,1-2H3/t18-,19-,20-,21+/m0/s1. The number of ether oxygens (including phenoxy) is 3. The summed E-state index contributed by atoms with van der Waals surface area (Å²) in [4.78, 5) is 11.9. The highest BCUT2D eigenvalue weighted by Gasteiger charge is 2.47. The van der Waals surface area contributed by atoms with Crippen LogP contribution in [0.25, 0.3) is 0 Å². The number of carbonyl (C=O) groups excluding carboxylic acids is 1. The van der Waals surface area contributed by atoms with E-state index in [-0.39, 0.29) is 24.3 Å². The lowest BCUT2D eigenvalue weighted by atomic mass is 10.2. The largest absolute Gasteiger partial charge is 0.461 e. The van der Waals surface area contributed by atoms with Crippen LogP contribution in [0.1, 0.15) is 78.1 Å². The summed E-state index contributed by atoms with van der Waals surface area (Å²) in [6.07, 6.45) is 10.0. The molecule has 0 aromatic carbocycles. The average molecular weight is 360 g/mol. The van der Waals surface area contributed by atoms with Crippen molar-refractivity contribution in [3.8, 4) is 23.7 Å². The molecule has 0 radical (unpaired) electrons. The molecule has 144 valence electrons. The summed E-state index contributed by atoms with van der Waals surface area (Å²) in [5.74, 6) is 12.3. The highest BCUT2D eigenvalue weighted by atomic mass is 16.7. The van der Waals surface area contributed by atoms with Gasteiger partial charge in [0.15, 0.2) is 6.10 Å². The molecule has 0 amide bonds. The maximum atomic E-state index is 11.9. The van der Waals surface area contributed by atoms with Crippen molar-refractivity contribution in [2.24, 2.45) is 0 Å². The van der Waals surface area contributed by atoms with Gasteiger partial charge in [0.25, 0.3) is 0 Å². The van der Waals surface area contributed by atoms with Crippen molar-refractivity contribution in [2.45, 2.75) is 102 Å². The molecule has 2 saturated heterocycles. The Balaban J connectivity index is 1.48. The first-order valence-electron chi connectivity index (χ1n) is 10.1. The van der Waals surface area contributed by atoms with Gasteiger partial charge in [0.1, 0.15) is 18.8 Å². The first-order valence-corrected chi connectivity index (χ1v) is 10.1. The summed E-state index contributed by atoms with van der Waals surface area (Å²) in [5, 5.41) is 0. The lowest BCUT2D eigenvalue weighted by Gasteiger charge is -1.98. The van der Waals surface area contributed by atoms with Crippen LogP contribution >= 0.6 is 0 Å². The number of esters is 1. The third kappa shape index (κ3) is 8.26. The van der Waals surface area contributed by atoms with Crippen LogP contribution in [0.2, 0.25) is 0 Å². The van der Waals surface area contributed by atoms with Gasteiger partial charge in [0.05, 0.1) is 6.10 Å². The van der Waals surface area contributed by atoms with Gasteiger partial charge in [0, 0.05) is 25.7 Å². The molecule has 0 spiro atoms. The van der Waals surface area contributed by atoms with Crippen molar-refractivity contribution in [1.82, 2.24) is 0 Å². The van der Waals surface area contributed by atoms with Crippen molar-refractivity contribution >= 4 is 5.97 Å². The van der Waals surface area contributed by atoms with Crippen LogP contribution in [-0.2, 0) is 19.0 Å². The summed E-state index contributed by atoms with van der Waals surface area (Å²) in [7, 11) is 0. The van der Waals surface area contributed by atoms with Crippen molar-refractivity contribution < 1.29 is 19.0 Å². The minimum absolute atomic E-state index is 0.000510. The molecule has 2 fully saturated rings. The molecule has 0 bridgehead atoms. The Hall–Kier alpha value is -1.49. The number of hydrogen-bond donors (Lipinski definition) is 0. The van der Waals surface area contributed by atoms with E-state index in [4.69, 9.17) is 14.2 Å². The zero-order valence-corrected chi connectivity index (χ0v) is 16.2. The zero-order chi connectivity index (χ0) is 18.6. The number of rotatable bonds is 11.